The van der Waals surface area contributed by atoms with Gasteiger partial charge in [-0.05, 0) is 30.4 Å². The molecule has 2 aromatic carbocycles. The highest BCUT2D eigenvalue weighted by Crippen LogP contribution is 2.32. The Labute approximate surface area is 144 Å². The number of ether oxygens (including phenoxy) is 1. The zero-order chi connectivity index (χ0) is 16.8. The molecule has 1 aliphatic carbocycles. The van der Waals surface area contributed by atoms with E-state index in [1.807, 2.05) is 12.1 Å². The molecule has 0 spiro atoms. The maximum Gasteiger partial charge on any atom is 0.308 e. The molecule has 1 aliphatic rings. The van der Waals surface area contributed by atoms with E-state index in [0.29, 0.717) is 6.04 Å². The summed E-state index contributed by atoms with van der Waals surface area (Å²) < 4.78 is 4.94. The lowest BCUT2D eigenvalue weighted by molar-refractivity contribution is -0.145. The van der Waals surface area contributed by atoms with Gasteiger partial charge in [-0.3, -0.25) is 9.69 Å². The summed E-state index contributed by atoms with van der Waals surface area (Å²) in [6, 6.07) is 21.6. The summed E-state index contributed by atoms with van der Waals surface area (Å²) in [5.41, 5.74) is 2.63. The Morgan fingerprint density at radius 2 is 1.50 bits per heavy atom. The maximum absolute atomic E-state index is 11.9. The first-order valence-electron chi connectivity index (χ1n) is 8.66. The Hall–Kier alpha value is -2.13. The van der Waals surface area contributed by atoms with Gasteiger partial charge in [-0.2, -0.15) is 0 Å². The summed E-state index contributed by atoms with van der Waals surface area (Å²) in [6.07, 6.45) is 2.88. The van der Waals surface area contributed by atoms with Crippen LogP contribution in [-0.2, 0) is 22.6 Å². The molecule has 0 heterocycles. The third kappa shape index (κ3) is 4.24. The number of esters is 1. The number of rotatable bonds is 6. The summed E-state index contributed by atoms with van der Waals surface area (Å²) >= 11 is 0. The lowest BCUT2D eigenvalue weighted by Gasteiger charge is -2.29. The molecular formula is C21H25NO2. The molecule has 0 N–H and O–H groups in total. The Balaban J connectivity index is 1.73. The molecule has 0 radical (unpaired) electrons. The minimum Gasteiger partial charge on any atom is -0.469 e. The summed E-state index contributed by atoms with van der Waals surface area (Å²) in [5.74, 6) is -0.00841. The fourth-order valence-corrected chi connectivity index (χ4v) is 3.62. The van der Waals surface area contributed by atoms with Gasteiger partial charge in [0.15, 0.2) is 0 Å². The van der Waals surface area contributed by atoms with E-state index in [0.717, 1.165) is 32.4 Å². The predicted octanol–water partition coefficient (Wildman–Crippen LogP) is 4.03. The topological polar surface area (TPSA) is 29.5 Å². The molecule has 0 bridgehead atoms. The molecule has 0 saturated heterocycles. The van der Waals surface area contributed by atoms with Crippen LogP contribution in [0.2, 0.25) is 0 Å². The maximum atomic E-state index is 11.9. The molecule has 2 aromatic rings. The van der Waals surface area contributed by atoms with E-state index in [1.165, 1.54) is 18.2 Å². The first kappa shape index (κ1) is 16.7. The van der Waals surface area contributed by atoms with E-state index in [2.05, 4.69) is 53.4 Å². The number of nitrogens with zero attached hydrogens (tertiary/aromatic N) is 1. The molecule has 0 aromatic heterocycles. The van der Waals surface area contributed by atoms with Crippen molar-refractivity contribution in [3.05, 3.63) is 71.8 Å². The third-order valence-electron chi connectivity index (χ3n) is 4.91. The molecule has 0 amide bonds. The number of carbonyl (C=O) groups excluding carboxylic acids is 1. The smallest absolute Gasteiger partial charge is 0.308 e. The molecule has 1 fully saturated rings. The molecule has 1 saturated carbocycles. The summed E-state index contributed by atoms with van der Waals surface area (Å²) in [5, 5.41) is 0. The number of methoxy groups -OCH3 is 1. The van der Waals surface area contributed by atoms with Gasteiger partial charge in [-0.1, -0.05) is 60.7 Å². The summed E-state index contributed by atoms with van der Waals surface area (Å²) in [6.45, 7) is 1.82. The van der Waals surface area contributed by atoms with Crippen molar-refractivity contribution in [2.24, 2.45) is 5.92 Å². The lowest BCUT2D eigenvalue weighted by Crippen LogP contribution is -2.33. The van der Waals surface area contributed by atoms with Crippen molar-refractivity contribution in [1.29, 1.82) is 0 Å². The summed E-state index contributed by atoms with van der Waals surface area (Å²) in [4.78, 5) is 14.4. The second-order valence-electron chi connectivity index (χ2n) is 6.56. The second-order valence-corrected chi connectivity index (χ2v) is 6.56. The van der Waals surface area contributed by atoms with Gasteiger partial charge in [0.25, 0.3) is 0 Å². The first-order chi connectivity index (χ1) is 11.8. The molecule has 126 valence electrons. The normalized spacial score (nSPS) is 20.2. The Morgan fingerprint density at radius 1 is 0.958 bits per heavy atom. The van der Waals surface area contributed by atoms with Crippen molar-refractivity contribution in [1.82, 2.24) is 4.90 Å². The van der Waals surface area contributed by atoms with Crippen molar-refractivity contribution in [3.8, 4) is 0 Å². The molecule has 2 atom stereocenters. The molecule has 0 aliphatic heterocycles. The molecular weight excluding hydrogens is 298 g/mol. The zero-order valence-corrected chi connectivity index (χ0v) is 14.2. The standard InChI is InChI=1S/C21H25NO2/c1-24-21(23)19-12-13-20(14-19)22(15-17-8-4-2-5-9-17)16-18-10-6-3-7-11-18/h2-11,19-20H,12-16H2,1H3/t19?,20-/m1/s1. The highest BCUT2D eigenvalue weighted by Gasteiger charge is 2.33. The van der Waals surface area contributed by atoms with Gasteiger partial charge in [-0.15, -0.1) is 0 Å². The minimum atomic E-state index is -0.0585. The van der Waals surface area contributed by atoms with Gasteiger partial charge in [0.1, 0.15) is 0 Å². The van der Waals surface area contributed by atoms with Crippen LogP contribution in [-0.4, -0.2) is 24.0 Å². The number of hydrogen-bond acceptors (Lipinski definition) is 3. The Morgan fingerprint density at radius 3 is 2.00 bits per heavy atom. The van der Waals surface area contributed by atoms with Crippen LogP contribution in [0.5, 0.6) is 0 Å². The van der Waals surface area contributed by atoms with Crippen LogP contribution in [0.25, 0.3) is 0 Å². The van der Waals surface area contributed by atoms with Crippen LogP contribution in [0.3, 0.4) is 0 Å². The van der Waals surface area contributed by atoms with E-state index in [-0.39, 0.29) is 11.9 Å². The van der Waals surface area contributed by atoms with Gasteiger partial charge in [0.2, 0.25) is 0 Å². The van der Waals surface area contributed by atoms with Crippen LogP contribution in [0.4, 0.5) is 0 Å². The molecule has 3 rings (SSSR count). The third-order valence-corrected chi connectivity index (χ3v) is 4.91. The lowest BCUT2D eigenvalue weighted by atomic mass is 10.1. The zero-order valence-electron chi connectivity index (χ0n) is 14.2. The first-order valence-corrected chi connectivity index (χ1v) is 8.66. The van der Waals surface area contributed by atoms with Gasteiger partial charge in [0, 0.05) is 19.1 Å². The second kappa shape index (κ2) is 8.11. The van der Waals surface area contributed by atoms with Crippen molar-refractivity contribution >= 4 is 5.97 Å². The van der Waals surface area contributed by atoms with Gasteiger partial charge >= 0.3 is 5.97 Å². The highest BCUT2D eigenvalue weighted by atomic mass is 16.5. The van der Waals surface area contributed by atoms with E-state index in [4.69, 9.17) is 4.74 Å². The van der Waals surface area contributed by atoms with Gasteiger partial charge in [0.05, 0.1) is 13.0 Å². The van der Waals surface area contributed by atoms with Crippen LogP contribution in [0.15, 0.2) is 60.7 Å². The molecule has 3 nitrogen and oxygen atoms in total. The summed E-state index contributed by atoms with van der Waals surface area (Å²) in [7, 11) is 1.49. The highest BCUT2D eigenvalue weighted by molar-refractivity contribution is 5.72. The quantitative estimate of drug-likeness (QED) is 0.752. The molecule has 1 unspecified atom stereocenters. The largest absolute Gasteiger partial charge is 0.469 e. The van der Waals surface area contributed by atoms with E-state index in [9.17, 15) is 4.79 Å². The molecule has 24 heavy (non-hydrogen) atoms. The van der Waals surface area contributed by atoms with Crippen LogP contribution >= 0.6 is 0 Å². The number of carbonyl (C=O) groups is 1. The SMILES string of the molecule is COC(=O)C1CC[C@@H](N(Cc2ccccc2)Cc2ccccc2)C1. The van der Waals surface area contributed by atoms with E-state index in [1.54, 1.807) is 0 Å². The average Bonchev–Trinajstić information content (AvgIpc) is 3.12. The van der Waals surface area contributed by atoms with E-state index >= 15 is 0 Å². The fraction of sp³-hybridized carbons (Fsp3) is 0.381. The van der Waals surface area contributed by atoms with Crippen LogP contribution < -0.4 is 0 Å². The number of hydrogen-bond donors (Lipinski definition) is 0. The predicted molar refractivity (Wildman–Crippen MR) is 95.3 cm³/mol. The van der Waals surface area contributed by atoms with Crippen molar-refractivity contribution < 1.29 is 9.53 Å². The van der Waals surface area contributed by atoms with Crippen LogP contribution in [0.1, 0.15) is 30.4 Å². The minimum absolute atomic E-state index is 0.0500. The Kier molecular flexibility index (Phi) is 5.65. The van der Waals surface area contributed by atoms with Crippen molar-refractivity contribution in [2.45, 2.75) is 38.4 Å². The van der Waals surface area contributed by atoms with Crippen LogP contribution in [0, 0.1) is 5.92 Å². The number of benzene rings is 2. The van der Waals surface area contributed by atoms with Crippen molar-refractivity contribution in [2.75, 3.05) is 7.11 Å². The van der Waals surface area contributed by atoms with Gasteiger partial charge in [-0.25, -0.2) is 0 Å². The van der Waals surface area contributed by atoms with E-state index < -0.39 is 0 Å². The monoisotopic (exact) mass is 323 g/mol. The van der Waals surface area contributed by atoms with Gasteiger partial charge < -0.3 is 4.74 Å². The average molecular weight is 323 g/mol. The Bertz CT molecular complexity index is 600. The van der Waals surface area contributed by atoms with Crippen molar-refractivity contribution in [3.63, 3.8) is 0 Å². The molecule has 3 heteroatoms. The fourth-order valence-electron chi connectivity index (χ4n) is 3.62.